The Bertz CT molecular complexity index is 1880. The van der Waals surface area contributed by atoms with Gasteiger partial charge in [-0.05, 0) is 48.5 Å². The molecule has 5 aromatic carbocycles. The quantitative estimate of drug-likeness (QED) is 0.255. The van der Waals surface area contributed by atoms with Gasteiger partial charge < -0.3 is 9.13 Å². The Balaban J connectivity index is 1.71. The molecule has 0 atom stereocenters. The molecule has 0 saturated carbocycles. The number of fused-ring (bicyclic) bond motifs is 7. The summed E-state index contributed by atoms with van der Waals surface area (Å²) in [7, 11) is 0. The number of hydrogen-bond acceptors (Lipinski definition) is 0. The van der Waals surface area contributed by atoms with Gasteiger partial charge in [-0.15, -0.1) is 0 Å². The Labute approximate surface area is 193 Å². The second-order valence-electron chi connectivity index (χ2n) is 8.49. The smallest absolute Gasteiger partial charge is 0.160 e. The average molecular weight is 444 g/mol. The van der Waals surface area contributed by atoms with E-state index < -0.39 is 11.6 Å². The summed E-state index contributed by atoms with van der Waals surface area (Å²) in [5.41, 5.74) is 5.82. The van der Waals surface area contributed by atoms with Crippen LogP contribution in [0, 0.1) is 11.6 Å². The van der Waals surface area contributed by atoms with Crippen LogP contribution in [0.1, 0.15) is 0 Å². The van der Waals surface area contributed by atoms with E-state index in [2.05, 4.69) is 59.2 Å². The van der Waals surface area contributed by atoms with Crippen molar-refractivity contribution in [3.63, 3.8) is 0 Å². The van der Waals surface area contributed by atoms with Crippen LogP contribution in [0.15, 0.2) is 109 Å². The SMILES string of the molecule is Fc1ccc(-n2c3ccccc3c3c4c5ccccc5n(-c5ccccc5)c4ccc32)cc1F. The summed E-state index contributed by atoms with van der Waals surface area (Å²) in [5.74, 6) is -1.71. The molecule has 7 rings (SSSR count). The Morgan fingerprint density at radius 1 is 0.412 bits per heavy atom. The van der Waals surface area contributed by atoms with Crippen molar-refractivity contribution in [2.75, 3.05) is 0 Å². The van der Waals surface area contributed by atoms with Crippen molar-refractivity contribution in [1.82, 2.24) is 9.13 Å². The zero-order chi connectivity index (χ0) is 22.8. The number of hydrogen-bond donors (Lipinski definition) is 0. The van der Waals surface area contributed by atoms with E-state index in [9.17, 15) is 8.78 Å². The lowest BCUT2D eigenvalue weighted by Gasteiger charge is -2.09. The number of halogens is 2. The van der Waals surface area contributed by atoms with Crippen molar-refractivity contribution in [3.05, 3.63) is 121 Å². The van der Waals surface area contributed by atoms with Gasteiger partial charge in [-0.2, -0.15) is 0 Å². The summed E-state index contributed by atoms with van der Waals surface area (Å²) < 4.78 is 32.3. The van der Waals surface area contributed by atoms with Crippen LogP contribution < -0.4 is 0 Å². The largest absolute Gasteiger partial charge is 0.309 e. The van der Waals surface area contributed by atoms with Gasteiger partial charge in [-0.25, -0.2) is 8.78 Å². The first-order chi connectivity index (χ1) is 16.7. The molecule has 0 radical (unpaired) electrons. The fraction of sp³-hybridized carbons (Fsp3) is 0. The minimum Gasteiger partial charge on any atom is -0.309 e. The van der Waals surface area contributed by atoms with Gasteiger partial charge in [-0.3, -0.25) is 0 Å². The van der Waals surface area contributed by atoms with Crippen LogP contribution in [0.5, 0.6) is 0 Å². The Kier molecular flexibility index (Phi) is 3.94. The van der Waals surface area contributed by atoms with E-state index in [4.69, 9.17) is 0 Å². The summed E-state index contributed by atoms with van der Waals surface area (Å²) in [6.45, 7) is 0. The molecule has 0 aliphatic heterocycles. The Morgan fingerprint density at radius 3 is 1.53 bits per heavy atom. The molecule has 7 aromatic rings. The van der Waals surface area contributed by atoms with E-state index in [1.807, 2.05) is 41.0 Å². The van der Waals surface area contributed by atoms with Gasteiger partial charge in [0.25, 0.3) is 0 Å². The van der Waals surface area contributed by atoms with Crippen molar-refractivity contribution in [3.8, 4) is 11.4 Å². The molecule has 0 bridgehead atoms. The maximum Gasteiger partial charge on any atom is 0.160 e. The summed E-state index contributed by atoms with van der Waals surface area (Å²) in [6, 6.07) is 35.1. The third-order valence-electron chi connectivity index (χ3n) is 6.65. The zero-order valence-corrected chi connectivity index (χ0v) is 18.0. The summed E-state index contributed by atoms with van der Waals surface area (Å²) in [5, 5.41) is 4.47. The fourth-order valence-electron chi connectivity index (χ4n) is 5.28. The molecule has 2 heterocycles. The lowest BCUT2D eigenvalue weighted by Crippen LogP contribution is -1.96. The second-order valence-corrected chi connectivity index (χ2v) is 8.49. The highest BCUT2D eigenvalue weighted by atomic mass is 19.2. The van der Waals surface area contributed by atoms with Crippen LogP contribution in [-0.4, -0.2) is 9.13 Å². The van der Waals surface area contributed by atoms with Crippen molar-refractivity contribution >= 4 is 43.6 Å². The van der Waals surface area contributed by atoms with E-state index in [0.29, 0.717) is 5.69 Å². The van der Waals surface area contributed by atoms with Crippen LogP contribution in [0.25, 0.3) is 55.0 Å². The molecule has 0 aliphatic carbocycles. The Morgan fingerprint density at radius 2 is 0.941 bits per heavy atom. The highest BCUT2D eigenvalue weighted by molar-refractivity contribution is 6.28. The van der Waals surface area contributed by atoms with Crippen LogP contribution >= 0.6 is 0 Å². The lowest BCUT2D eigenvalue weighted by molar-refractivity contribution is 0.508. The van der Waals surface area contributed by atoms with Gasteiger partial charge >= 0.3 is 0 Å². The first-order valence-electron chi connectivity index (χ1n) is 11.2. The topological polar surface area (TPSA) is 9.86 Å². The highest BCUT2D eigenvalue weighted by Gasteiger charge is 2.20. The molecule has 162 valence electrons. The molecule has 0 amide bonds. The number of aromatic nitrogens is 2. The van der Waals surface area contributed by atoms with Gasteiger partial charge in [0.15, 0.2) is 11.6 Å². The number of benzene rings is 5. The maximum absolute atomic E-state index is 14.2. The van der Waals surface area contributed by atoms with E-state index in [1.165, 1.54) is 12.1 Å². The van der Waals surface area contributed by atoms with Crippen molar-refractivity contribution < 1.29 is 8.78 Å². The normalized spacial score (nSPS) is 11.8. The molecule has 0 saturated heterocycles. The summed E-state index contributed by atoms with van der Waals surface area (Å²) in [4.78, 5) is 0. The van der Waals surface area contributed by atoms with Crippen LogP contribution in [-0.2, 0) is 0 Å². The minimum atomic E-state index is -0.856. The van der Waals surface area contributed by atoms with E-state index in [0.717, 1.165) is 49.3 Å². The summed E-state index contributed by atoms with van der Waals surface area (Å²) >= 11 is 0. The molecule has 4 heteroatoms. The first kappa shape index (κ1) is 19.1. The molecule has 0 aliphatic rings. The van der Waals surface area contributed by atoms with Crippen LogP contribution in [0.2, 0.25) is 0 Å². The third-order valence-corrected chi connectivity index (χ3v) is 6.65. The molecule has 0 spiro atoms. The number of rotatable bonds is 2. The first-order valence-corrected chi connectivity index (χ1v) is 11.2. The van der Waals surface area contributed by atoms with Gasteiger partial charge in [0.05, 0.1) is 22.1 Å². The zero-order valence-electron chi connectivity index (χ0n) is 18.0. The molecule has 0 unspecified atom stereocenters. The van der Waals surface area contributed by atoms with E-state index in [1.54, 1.807) is 6.07 Å². The van der Waals surface area contributed by atoms with E-state index >= 15 is 0 Å². The average Bonchev–Trinajstić information content (AvgIpc) is 3.39. The second kappa shape index (κ2) is 7.03. The van der Waals surface area contributed by atoms with Crippen molar-refractivity contribution in [2.45, 2.75) is 0 Å². The highest BCUT2D eigenvalue weighted by Crippen LogP contribution is 2.42. The van der Waals surface area contributed by atoms with E-state index in [-0.39, 0.29) is 0 Å². The van der Waals surface area contributed by atoms with Gasteiger partial charge in [-0.1, -0.05) is 54.6 Å². The van der Waals surface area contributed by atoms with Crippen molar-refractivity contribution in [1.29, 1.82) is 0 Å². The van der Waals surface area contributed by atoms with Crippen LogP contribution in [0.3, 0.4) is 0 Å². The lowest BCUT2D eigenvalue weighted by atomic mass is 10.1. The molecule has 2 aromatic heterocycles. The van der Waals surface area contributed by atoms with Gasteiger partial charge in [0, 0.05) is 39.0 Å². The monoisotopic (exact) mass is 444 g/mol. The summed E-state index contributed by atoms with van der Waals surface area (Å²) in [6.07, 6.45) is 0. The maximum atomic E-state index is 14.2. The number of para-hydroxylation sites is 3. The third kappa shape index (κ3) is 2.54. The molecule has 0 fully saturated rings. The molecular formula is C30H18F2N2. The predicted octanol–water partition coefficient (Wildman–Crippen LogP) is 8.16. The fourth-order valence-corrected chi connectivity index (χ4v) is 5.28. The minimum absolute atomic E-state index is 0.594. The van der Waals surface area contributed by atoms with Gasteiger partial charge in [0.2, 0.25) is 0 Å². The molecule has 34 heavy (non-hydrogen) atoms. The van der Waals surface area contributed by atoms with Crippen molar-refractivity contribution in [2.24, 2.45) is 0 Å². The van der Waals surface area contributed by atoms with Crippen LogP contribution in [0.4, 0.5) is 8.78 Å². The molecule has 2 nitrogen and oxygen atoms in total. The Hall–Kier alpha value is -4.44. The molecule has 0 N–H and O–H groups in total. The predicted molar refractivity (Wildman–Crippen MR) is 135 cm³/mol. The standard InChI is InChI=1S/C30H18F2N2/c31-23-15-14-20(18-24(23)32)34-26-13-7-5-11-22(26)30-28(34)17-16-27-29(30)21-10-4-6-12-25(21)33(27)19-8-2-1-3-9-19/h1-18H. The molecular weight excluding hydrogens is 426 g/mol. The number of nitrogens with zero attached hydrogens (tertiary/aromatic N) is 2. The van der Waals surface area contributed by atoms with Gasteiger partial charge in [0.1, 0.15) is 0 Å².